The SMILES string of the molecule is COCC(C)NC(N)=NCC(=O)N1CCCc2ccccc21.I. The second-order valence-electron chi connectivity index (χ2n) is 5.48. The number of para-hydroxylation sites is 1. The highest BCUT2D eigenvalue weighted by Gasteiger charge is 2.21. The Morgan fingerprint density at radius 1 is 1.48 bits per heavy atom. The molecule has 23 heavy (non-hydrogen) atoms. The van der Waals surface area contributed by atoms with Crippen molar-refractivity contribution in [3.05, 3.63) is 29.8 Å². The standard InChI is InChI=1S/C16H24N4O2.HI/c1-12(11-22-2)19-16(17)18-10-15(21)20-9-5-7-13-6-3-4-8-14(13)20;/h3-4,6,8,12H,5,7,9-11H2,1-2H3,(H3,17,18,19);1H. The van der Waals surface area contributed by atoms with Gasteiger partial charge < -0.3 is 20.7 Å². The Morgan fingerprint density at radius 3 is 2.96 bits per heavy atom. The van der Waals surface area contributed by atoms with Gasteiger partial charge in [-0.3, -0.25) is 4.79 Å². The fourth-order valence-electron chi connectivity index (χ4n) is 2.62. The number of fused-ring (bicyclic) bond motifs is 1. The molecule has 7 heteroatoms. The number of guanidine groups is 1. The average molecular weight is 432 g/mol. The van der Waals surface area contributed by atoms with E-state index in [0.717, 1.165) is 25.1 Å². The van der Waals surface area contributed by atoms with E-state index in [1.807, 2.05) is 25.1 Å². The number of nitrogens with zero attached hydrogens (tertiary/aromatic N) is 2. The van der Waals surface area contributed by atoms with E-state index in [4.69, 9.17) is 10.5 Å². The maximum Gasteiger partial charge on any atom is 0.248 e. The summed E-state index contributed by atoms with van der Waals surface area (Å²) < 4.78 is 5.02. The molecule has 0 aliphatic carbocycles. The van der Waals surface area contributed by atoms with Gasteiger partial charge in [0.25, 0.3) is 0 Å². The Balaban J connectivity index is 0.00000264. The summed E-state index contributed by atoms with van der Waals surface area (Å²) in [5, 5.41) is 2.99. The number of carbonyl (C=O) groups is 1. The molecule has 3 N–H and O–H groups in total. The van der Waals surface area contributed by atoms with Crippen LogP contribution in [0.2, 0.25) is 0 Å². The normalized spacial score (nSPS) is 15.4. The van der Waals surface area contributed by atoms with Crippen LogP contribution in [0.25, 0.3) is 0 Å². The molecule has 1 aliphatic rings. The predicted molar refractivity (Wildman–Crippen MR) is 103 cm³/mol. The maximum absolute atomic E-state index is 12.4. The Kier molecular flexibility index (Phi) is 8.32. The van der Waals surface area contributed by atoms with Crippen LogP contribution in [0.5, 0.6) is 0 Å². The van der Waals surface area contributed by atoms with E-state index >= 15 is 0 Å². The molecule has 1 atom stereocenters. The van der Waals surface area contributed by atoms with Gasteiger partial charge in [-0.2, -0.15) is 0 Å². The van der Waals surface area contributed by atoms with Gasteiger partial charge in [-0.25, -0.2) is 4.99 Å². The number of ether oxygens (including phenoxy) is 1. The minimum absolute atomic E-state index is 0. The molecule has 1 aromatic rings. The molecule has 1 aromatic carbocycles. The molecule has 1 aliphatic heterocycles. The first kappa shape index (κ1) is 19.7. The number of halogens is 1. The Morgan fingerprint density at radius 2 is 2.22 bits per heavy atom. The number of carbonyl (C=O) groups excluding carboxylic acids is 1. The van der Waals surface area contributed by atoms with Crippen LogP contribution in [0, 0.1) is 0 Å². The molecule has 0 saturated heterocycles. The molecular weight excluding hydrogens is 407 g/mol. The maximum atomic E-state index is 12.4. The number of amides is 1. The molecule has 1 unspecified atom stereocenters. The van der Waals surface area contributed by atoms with E-state index < -0.39 is 0 Å². The molecule has 0 bridgehead atoms. The molecule has 1 amide bonds. The van der Waals surface area contributed by atoms with Crippen molar-refractivity contribution >= 4 is 41.5 Å². The molecule has 0 fully saturated rings. The summed E-state index contributed by atoms with van der Waals surface area (Å²) in [5.41, 5.74) is 8.00. The van der Waals surface area contributed by atoms with Crippen LogP contribution in [0.1, 0.15) is 18.9 Å². The van der Waals surface area contributed by atoms with Gasteiger partial charge in [0, 0.05) is 25.4 Å². The third-order valence-corrected chi connectivity index (χ3v) is 3.61. The van der Waals surface area contributed by atoms with Crippen LogP contribution in [-0.2, 0) is 16.0 Å². The smallest absolute Gasteiger partial charge is 0.248 e. The van der Waals surface area contributed by atoms with Crippen molar-refractivity contribution in [2.45, 2.75) is 25.8 Å². The van der Waals surface area contributed by atoms with Gasteiger partial charge >= 0.3 is 0 Å². The first-order valence-corrected chi connectivity index (χ1v) is 7.55. The lowest BCUT2D eigenvalue weighted by atomic mass is 10.0. The molecule has 0 aromatic heterocycles. The highest BCUT2D eigenvalue weighted by Crippen LogP contribution is 2.26. The van der Waals surface area contributed by atoms with E-state index in [2.05, 4.69) is 16.4 Å². The summed E-state index contributed by atoms with van der Waals surface area (Å²) in [6, 6.07) is 8.07. The number of aryl methyl sites for hydroxylation is 1. The number of benzene rings is 1. The van der Waals surface area contributed by atoms with Crippen LogP contribution in [0.4, 0.5) is 5.69 Å². The summed E-state index contributed by atoms with van der Waals surface area (Å²) in [4.78, 5) is 18.3. The number of anilines is 1. The Bertz CT molecular complexity index is 551. The van der Waals surface area contributed by atoms with Crippen LogP contribution in [0.15, 0.2) is 29.3 Å². The topological polar surface area (TPSA) is 80.0 Å². The van der Waals surface area contributed by atoms with Crippen molar-refractivity contribution in [2.24, 2.45) is 10.7 Å². The van der Waals surface area contributed by atoms with Crippen molar-refractivity contribution in [1.29, 1.82) is 0 Å². The van der Waals surface area contributed by atoms with E-state index in [9.17, 15) is 4.79 Å². The Labute approximate surface area is 154 Å². The fourth-order valence-corrected chi connectivity index (χ4v) is 2.62. The third kappa shape index (κ3) is 5.65. The Hall–Kier alpha value is -1.35. The van der Waals surface area contributed by atoms with Crippen LogP contribution >= 0.6 is 24.0 Å². The largest absolute Gasteiger partial charge is 0.383 e. The third-order valence-electron chi connectivity index (χ3n) is 3.61. The van der Waals surface area contributed by atoms with Crippen molar-refractivity contribution in [1.82, 2.24) is 5.32 Å². The van der Waals surface area contributed by atoms with Gasteiger partial charge in [-0.05, 0) is 31.4 Å². The van der Waals surface area contributed by atoms with E-state index in [-0.39, 0.29) is 48.4 Å². The highest BCUT2D eigenvalue weighted by atomic mass is 127. The van der Waals surface area contributed by atoms with Crippen molar-refractivity contribution < 1.29 is 9.53 Å². The number of nitrogens with one attached hydrogen (secondary N) is 1. The van der Waals surface area contributed by atoms with Gasteiger partial charge in [0.1, 0.15) is 6.54 Å². The van der Waals surface area contributed by atoms with Crippen LogP contribution in [-0.4, -0.2) is 44.7 Å². The van der Waals surface area contributed by atoms with Gasteiger partial charge in [0.15, 0.2) is 5.96 Å². The summed E-state index contributed by atoms with van der Waals surface area (Å²) in [5.74, 6) is 0.236. The summed E-state index contributed by atoms with van der Waals surface area (Å²) in [7, 11) is 1.63. The lowest BCUT2D eigenvalue weighted by Crippen LogP contribution is -2.42. The van der Waals surface area contributed by atoms with Crippen LogP contribution < -0.4 is 16.0 Å². The van der Waals surface area contributed by atoms with Crippen molar-refractivity contribution in [3.8, 4) is 0 Å². The molecule has 6 nitrogen and oxygen atoms in total. The van der Waals surface area contributed by atoms with Gasteiger partial charge in [0.2, 0.25) is 5.91 Å². The monoisotopic (exact) mass is 432 g/mol. The number of hydrogen-bond acceptors (Lipinski definition) is 3. The fraction of sp³-hybridized carbons (Fsp3) is 0.500. The predicted octanol–water partition coefficient (Wildman–Crippen LogP) is 1.52. The second kappa shape index (κ2) is 9.71. The summed E-state index contributed by atoms with van der Waals surface area (Å²) in [6.07, 6.45) is 1.99. The van der Waals surface area contributed by atoms with Gasteiger partial charge in [-0.1, -0.05) is 18.2 Å². The van der Waals surface area contributed by atoms with Crippen molar-refractivity contribution in [2.75, 3.05) is 31.7 Å². The quantitative estimate of drug-likeness (QED) is 0.420. The molecule has 128 valence electrons. The van der Waals surface area contributed by atoms with E-state index in [0.29, 0.717) is 6.61 Å². The molecule has 0 spiro atoms. The first-order valence-electron chi connectivity index (χ1n) is 7.55. The van der Waals surface area contributed by atoms with E-state index in [1.165, 1.54) is 5.56 Å². The lowest BCUT2D eigenvalue weighted by molar-refractivity contribution is -0.117. The first-order chi connectivity index (χ1) is 10.6. The molecule has 1 heterocycles. The van der Waals surface area contributed by atoms with Crippen LogP contribution in [0.3, 0.4) is 0 Å². The molecule has 0 radical (unpaired) electrons. The molecular formula is C16H25IN4O2. The second-order valence-corrected chi connectivity index (χ2v) is 5.48. The van der Waals surface area contributed by atoms with Gasteiger partial charge in [-0.15, -0.1) is 24.0 Å². The van der Waals surface area contributed by atoms with Gasteiger partial charge in [0.05, 0.1) is 6.61 Å². The number of aliphatic imine (C=N–C) groups is 1. The zero-order valence-electron chi connectivity index (χ0n) is 13.6. The highest BCUT2D eigenvalue weighted by molar-refractivity contribution is 14.0. The number of methoxy groups -OCH3 is 1. The summed E-state index contributed by atoms with van der Waals surface area (Å²) >= 11 is 0. The number of nitrogens with two attached hydrogens (primary N) is 1. The minimum atomic E-state index is -0.0312. The zero-order chi connectivity index (χ0) is 15.9. The lowest BCUT2D eigenvalue weighted by Gasteiger charge is -2.29. The molecule has 2 rings (SSSR count). The number of hydrogen-bond donors (Lipinski definition) is 2. The summed E-state index contributed by atoms with van der Waals surface area (Å²) in [6.45, 7) is 3.25. The number of rotatable bonds is 5. The zero-order valence-corrected chi connectivity index (χ0v) is 15.9. The molecule has 0 saturated carbocycles. The van der Waals surface area contributed by atoms with E-state index in [1.54, 1.807) is 12.0 Å². The van der Waals surface area contributed by atoms with Crippen molar-refractivity contribution in [3.63, 3.8) is 0 Å². The minimum Gasteiger partial charge on any atom is -0.383 e. The average Bonchev–Trinajstić information content (AvgIpc) is 2.52.